The van der Waals surface area contributed by atoms with Crippen molar-refractivity contribution in [3.05, 3.63) is 36.5 Å². The number of sulfonamides is 1. The van der Waals surface area contributed by atoms with Crippen LogP contribution in [0.2, 0.25) is 0 Å². The van der Waals surface area contributed by atoms with Crippen molar-refractivity contribution in [2.24, 2.45) is 0 Å². The summed E-state index contributed by atoms with van der Waals surface area (Å²) in [6, 6.07) is 9.39. The first-order valence-corrected chi connectivity index (χ1v) is 9.38. The van der Waals surface area contributed by atoms with Crippen LogP contribution in [-0.2, 0) is 10.0 Å². The minimum atomic E-state index is -3.60. The van der Waals surface area contributed by atoms with Crippen molar-refractivity contribution in [3.63, 3.8) is 0 Å². The molecule has 0 saturated carbocycles. The van der Waals surface area contributed by atoms with Crippen molar-refractivity contribution in [2.75, 3.05) is 0 Å². The molecule has 3 heterocycles. The van der Waals surface area contributed by atoms with Crippen LogP contribution in [0, 0.1) is 0 Å². The maximum atomic E-state index is 12.9. The van der Waals surface area contributed by atoms with Crippen LogP contribution in [0.3, 0.4) is 0 Å². The van der Waals surface area contributed by atoms with Gasteiger partial charge in [0, 0.05) is 29.8 Å². The van der Waals surface area contributed by atoms with E-state index in [0.717, 1.165) is 25.7 Å². The van der Waals surface area contributed by atoms with Crippen molar-refractivity contribution >= 4 is 22.4 Å². The second kappa shape index (κ2) is 6.84. The van der Waals surface area contributed by atoms with Gasteiger partial charge in [-0.3, -0.25) is 0 Å². The molecule has 2 N–H and O–H groups in total. The van der Waals surface area contributed by atoms with Crippen LogP contribution >= 0.6 is 12.4 Å². The van der Waals surface area contributed by atoms with Gasteiger partial charge < -0.3 is 9.84 Å². The molecule has 1 aromatic heterocycles. The molecule has 2 unspecified atom stereocenters. The summed E-state index contributed by atoms with van der Waals surface area (Å²) in [5, 5.41) is 7.19. The summed E-state index contributed by atoms with van der Waals surface area (Å²) in [4.78, 5) is 0.239. The lowest BCUT2D eigenvalue weighted by Gasteiger charge is -2.29. The summed E-state index contributed by atoms with van der Waals surface area (Å²) >= 11 is 0. The minimum Gasteiger partial charge on any atom is -0.356 e. The van der Waals surface area contributed by atoms with Gasteiger partial charge in [0.25, 0.3) is 0 Å². The van der Waals surface area contributed by atoms with Gasteiger partial charge >= 0.3 is 0 Å². The fraction of sp³-hybridized carbons (Fsp3) is 0.438. The fourth-order valence-electron chi connectivity index (χ4n) is 3.70. The zero-order valence-corrected chi connectivity index (χ0v) is 14.6. The first kappa shape index (κ1) is 17.4. The van der Waals surface area contributed by atoms with E-state index in [9.17, 15) is 8.42 Å². The van der Waals surface area contributed by atoms with Gasteiger partial charge in [-0.1, -0.05) is 17.3 Å². The van der Waals surface area contributed by atoms with Crippen molar-refractivity contribution in [1.29, 1.82) is 0 Å². The lowest BCUT2D eigenvalue weighted by Crippen LogP contribution is -2.47. The van der Waals surface area contributed by atoms with Gasteiger partial charge in [-0.05, 0) is 37.8 Å². The molecule has 0 radical (unpaired) electrons. The Bertz CT molecular complexity index is 783. The fourth-order valence-corrected chi connectivity index (χ4v) is 5.17. The second-order valence-electron chi connectivity index (χ2n) is 6.30. The highest BCUT2D eigenvalue weighted by atomic mass is 35.5. The predicted octanol–water partition coefficient (Wildman–Crippen LogP) is 2.32. The molecule has 0 amide bonds. The number of rotatable bonds is 4. The SMILES string of the molecule is Cl.O=S(=O)(NC1CC2CCC(C1)N2)c1ccccc1-c1ccno1. The van der Waals surface area contributed by atoms with Gasteiger partial charge in [0.15, 0.2) is 5.76 Å². The first-order valence-electron chi connectivity index (χ1n) is 7.90. The number of nitrogens with one attached hydrogen (secondary N) is 2. The highest BCUT2D eigenvalue weighted by Crippen LogP contribution is 2.30. The molecular formula is C16H20ClN3O3S. The Hall–Kier alpha value is -1.41. The van der Waals surface area contributed by atoms with Gasteiger partial charge in [0.1, 0.15) is 0 Å². The van der Waals surface area contributed by atoms with Crippen LogP contribution < -0.4 is 10.0 Å². The normalized spacial score (nSPS) is 26.1. The Kier molecular flexibility index (Phi) is 4.96. The monoisotopic (exact) mass is 369 g/mol. The van der Waals surface area contributed by atoms with E-state index in [1.54, 1.807) is 30.3 Å². The molecule has 0 aliphatic carbocycles. The van der Waals surface area contributed by atoms with E-state index in [1.165, 1.54) is 6.20 Å². The van der Waals surface area contributed by atoms with E-state index in [1.807, 2.05) is 0 Å². The van der Waals surface area contributed by atoms with E-state index >= 15 is 0 Å². The van der Waals surface area contributed by atoms with Crippen LogP contribution in [0.5, 0.6) is 0 Å². The lowest BCUT2D eigenvalue weighted by molar-refractivity contribution is 0.345. The van der Waals surface area contributed by atoms with Gasteiger partial charge in [0.2, 0.25) is 10.0 Å². The summed E-state index contributed by atoms with van der Waals surface area (Å²) in [6.45, 7) is 0. The molecule has 2 fully saturated rings. The Morgan fingerprint density at radius 2 is 1.83 bits per heavy atom. The summed E-state index contributed by atoms with van der Waals surface area (Å²) in [6.07, 6.45) is 5.48. The Morgan fingerprint density at radius 3 is 2.50 bits per heavy atom. The number of hydrogen-bond acceptors (Lipinski definition) is 5. The molecule has 2 aliphatic rings. The third kappa shape index (κ3) is 3.35. The average molecular weight is 370 g/mol. The van der Waals surface area contributed by atoms with Crippen LogP contribution in [0.1, 0.15) is 25.7 Å². The zero-order valence-electron chi connectivity index (χ0n) is 13.0. The van der Waals surface area contributed by atoms with Gasteiger partial charge in [-0.25, -0.2) is 13.1 Å². The molecule has 24 heavy (non-hydrogen) atoms. The number of benzene rings is 1. The lowest BCUT2D eigenvalue weighted by atomic mass is 10.0. The molecule has 0 spiro atoms. The predicted molar refractivity (Wildman–Crippen MR) is 92.5 cm³/mol. The summed E-state index contributed by atoms with van der Waals surface area (Å²) in [5.74, 6) is 0.455. The third-order valence-corrected chi connectivity index (χ3v) is 6.25. The highest BCUT2D eigenvalue weighted by molar-refractivity contribution is 7.89. The zero-order chi connectivity index (χ0) is 15.9. The van der Waals surface area contributed by atoms with Crippen LogP contribution in [0.15, 0.2) is 45.9 Å². The van der Waals surface area contributed by atoms with E-state index in [4.69, 9.17) is 4.52 Å². The first-order chi connectivity index (χ1) is 11.1. The number of nitrogens with zero attached hydrogens (tertiary/aromatic N) is 1. The van der Waals surface area contributed by atoms with E-state index in [2.05, 4.69) is 15.2 Å². The maximum Gasteiger partial charge on any atom is 0.241 e. The van der Waals surface area contributed by atoms with Gasteiger partial charge in [0.05, 0.1) is 11.1 Å². The maximum absolute atomic E-state index is 12.9. The van der Waals surface area contributed by atoms with Gasteiger partial charge in [-0.15, -0.1) is 12.4 Å². The topological polar surface area (TPSA) is 84.2 Å². The summed E-state index contributed by atoms with van der Waals surface area (Å²) in [7, 11) is -3.60. The van der Waals surface area contributed by atoms with E-state index in [-0.39, 0.29) is 23.3 Å². The van der Waals surface area contributed by atoms with Crippen molar-refractivity contribution in [2.45, 2.75) is 48.7 Å². The number of hydrogen-bond donors (Lipinski definition) is 2. The Labute approximate surface area is 147 Å². The number of fused-ring (bicyclic) bond motifs is 2. The highest BCUT2D eigenvalue weighted by Gasteiger charge is 2.35. The van der Waals surface area contributed by atoms with Crippen LogP contribution in [0.25, 0.3) is 11.3 Å². The van der Waals surface area contributed by atoms with Crippen molar-refractivity contribution in [1.82, 2.24) is 15.2 Å². The summed E-state index contributed by atoms with van der Waals surface area (Å²) in [5.41, 5.74) is 0.536. The van der Waals surface area contributed by atoms with Crippen molar-refractivity contribution in [3.8, 4) is 11.3 Å². The third-order valence-electron chi connectivity index (χ3n) is 4.67. The number of piperidine rings is 1. The standard InChI is InChI=1S/C16H19N3O3S.ClH/c20-23(21,19-13-9-11-5-6-12(10-13)18-11)16-4-2-1-3-14(16)15-7-8-17-22-15;/h1-4,7-8,11-13,18-19H,5-6,9-10H2;1H. The van der Waals surface area contributed by atoms with E-state index in [0.29, 0.717) is 23.4 Å². The molecule has 130 valence electrons. The van der Waals surface area contributed by atoms with Crippen LogP contribution in [0.4, 0.5) is 0 Å². The second-order valence-corrected chi connectivity index (χ2v) is 7.98. The number of halogens is 1. The molecule has 2 saturated heterocycles. The molecule has 2 aliphatic heterocycles. The summed E-state index contributed by atoms with van der Waals surface area (Å²) < 4.78 is 33.7. The van der Waals surface area contributed by atoms with Crippen molar-refractivity contribution < 1.29 is 12.9 Å². The number of aromatic nitrogens is 1. The largest absolute Gasteiger partial charge is 0.356 e. The minimum absolute atomic E-state index is 0. The molecule has 6 nitrogen and oxygen atoms in total. The molecule has 8 heteroatoms. The molecule has 2 atom stereocenters. The molecule has 2 bridgehead atoms. The Morgan fingerprint density at radius 1 is 1.12 bits per heavy atom. The average Bonchev–Trinajstić information content (AvgIpc) is 3.17. The van der Waals surface area contributed by atoms with Gasteiger partial charge in [-0.2, -0.15) is 0 Å². The molecule has 2 aromatic rings. The molecular weight excluding hydrogens is 350 g/mol. The molecule has 1 aromatic carbocycles. The van der Waals surface area contributed by atoms with Crippen LogP contribution in [-0.4, -0.2) is 31.7 Å². The smallest absolute Gasteiger partial charge is 0.241 e. The quantitative estimate of drug-likeness (QED) is 0.864. The molecule has 4 rings (SSSR count). The Balaban J connectivity index is 0.00000169. The van der Waals surface area contributed by atoms with E-state index < -0.39 is 10.0 Å².